The minimum absolute atomic E-state index is 0. The Kier molecular flexibility index (Phi) is 8.19. The van der Waals surface area contributed by atoms with Crippen LogP contribution in [0.3, 0.4) is 0 Å². The first-order valence-electron chi connectivity index (χ1n) is 8.59. The van der Waals surface area contributed by atoms with Gasteiger partial charge in [-0.25, -0.2) is 4.79 Å². The number of nitrogens with one attached hydrogen (secondary N) is 2. The molecule has 2 unspecified atom stereocenters. The Morgan fingerprint density at radius 2 is 1.84 bits per heavy atom. The summed E-state index contributed by atoms with van der Waals surface area (Å²) in [7, 11) is 0. The van der Waals surface area contributed by atoms with Crippen LogP contribution in [0.1, 0.15) is 44.0 Å². The summed E-state index contributed by atoms with van der Waals surface area (Å²) in [6, 6.07) is 6.93. The summed E-state index contributed by atoms with van der Waals surface area (Å²) in [5.74, 6) is 0.391. The molecule has 1 heterocycles. The highest BCUT2D eigenvalue weighted by Gasteiger charge is 2.26. The third-order valence-corrected chi connectivity index (χ3v) is 4.30. The Morgan fingerprint density at radius 1 is 1.20 bits per heavy atom. The van der Waals surface area contributed by atoms with E-state index in [1.807, 2.05) is 25.7 Å². The zero-order valence-corrected chi connectivity index (χ0v) is 15.9. The molecule has 1 aliphatic heterocycles. The van der Waals surface area contributed by atoms with Crippen LogP contribution in [-0.2, 0) is 0 Å². The topological polar surface area (TPSA) is 87.5 Å². The molecule has 2 atom stereocenters. The van der Waals surface area contributed by atoms with Crippen molar-refractivity contribution in [2.75, 3.05) is 18.4 Å². The second-order valence-corrected chi connectivity index (χ2v) is 6.84. The minimum Gasteiger partial charge on any atom is -0.338 e. The maximum absolute atomic E-state index is 12.6. The number of anilines is 1. The molecular formula is C18H29ClN4O2. The predicted molar refractivity (Wildman–Crippen MR) is 103 cm³/mol. The SMILES string of the molecule is CC(C)NC(=O)Nc1ccc(C(=O)N2CCCC(C(C)N)C2)cc1.Cl. The van der Waals surface area contributed by atoms with Crippen LogP contribution in [0.2, 0.25) is 0 Å². The second kappa shape index (κ2) is 9.63. The molecule has 7 heteroatoms. The van der Waals surface area contributed by atoms with Crippen molar-refractivity contribution >= 4 is 30.0 Å². The molecular weight excluding hydrogens is 340 g/mol. The molecule has 1 fully saturated rings. The fourth-order valence-electron chi connectivity index (χ4n) is 2.93. The Balaban J connectivity index is 0.00000312. The van der Waals surface area contributed by atoms with Crippen molar-refractivity contribution in [3.05, 3.63) is 29.8 Å². The highest BCUT2D eigenvalue weighted by atomic mass is 35.5. The first kappa shape index (κ1) is 21.3. The standard InChI is InChI=1S/C18H28N4O2.ClH/c1-12(2)20-18(24)21-16-8-6-14(7-9-16)17(23)22-10-4-5-15(11-22)13(3)19;/h6-9,12-13,15H,4-5,10-11,19H2,1-3H3,(H2,20,21,24);1H. The van der Waals surface area contributed by atoms with Crippen LogP contribution in [0.4, 0.5) is 10.5 Å². The van der Waals surface area contributed by atoms with E-state index < -0.39 is 0 Å². The molecule has 0 radical (unpaired) electrons. The molecule has 0 spiro atoms. The van der Waals surface area contributed by atoms with Gasteiger partial charge in [0.05, 0.1) is 0 Å². The van der Waals surface area contributed by atoms with Gasteiger partial charge in [-0.15, -0.1) is 12.4 Å². The third kappa shape index (κ3) is 6.21. The van der Waals surface area contributed by atoms with Crippen LogP contribution in [0.5, 0.6) is 0 Å². The molecule has 2 rings (SSSR count). The Hall–Kier alpha value is -1.79. The molecule has 1 aromatic rings. The quantitative estimate of drug-likeness (QED) is 0.763. The number of halogens is 1. The van der Waals surface area contributed by atoms with Gasteiger partial charge in [-0.2, -0.15) is 0 Å². The lowest BCUT2D eigenvalue weighted by Gasteiger charge is -2.34. The molecule has 1 aliphatic rings. The summed E-state index contributed by atoms with van der Waals surface area (Å²) in [6.07, 6.45) is 2.07. The average molecular weight is 369 g/mol. The number of piperidine rings is 1. The minimum atomic E-state index is -0.250. The van der Waals surface area contributed by atoms with E-state index in [1.165, 1.54) is 0 Å². The Bertz CT molecular complexity index is 575. The highest BCUT2D eigenvalue weighted by Crippen LogP contribution is 2.21. The largest absolute Gasteiger partial charge is 0.338 e. The number of rotatable bonds is 4. The molecule has 1 saturated heterocycles. The van der Waals surface area contributed by atoms with Gasteiger partial charge in [0.25, 0.3) is 5.91 Å². The van der Waals surface area contributed by atoms with Gasteiger partial charge in [-0.1, -0.05) is 0 Å². The molecule has 3 amide bonds. The molecule has 0 saturated carbocycles. The number of benzene rings is 1. The molecule has 0 bridgehead atoms. The van der Waals surface area contributed by atoms with E-state index in [4.69, 9.17) is 5.73 Å². The van der Waals surface area contributed by atoms with Crippen LogP contribution in [0.25, 0.3) is 0 Å². The lowest BCUT2D eigenvalue weighted by atomic mass is 9.92. The highest BCUT2D eigenvalue weighted by molar-refractivity contribution is 5.95. The van der Waals surface area contributed by atoms with Gasteiger partial charge < -0.3 is 21.3 Å². The van der Waals surface area contributed by atoms with Crippen molar-refractivity contribution in [1.82, 2.24) is 10.2 Å². The number of hydrogen-bond acceptors (Lipinski definition) is 3. The first-order valence-corrected chi connectivity index (χ1v) is 8.59. The molecule has 4 N–H and O–H groups in total. The van der Waals surface area contributed by atoms with Crippen LogP contribution >= 0.6 is 12.4 Å². The van der Waals surface area contributed by atoms with Crippen molar-refractivity contribution in [2.45, 2.75) is 45.7 Å². The van der Waals surface area contributed by atoms with Gasteiger partial charge in [0, 0.05) is 36.4 Å². The van der Waals surface area contributed by atoms with Crippen LogP contribution in [-0.4, -0.2) is 42.0 Å². The smallest absolute Gasteiger partial charge is 0.319 e. The van der Waals surface area contributed by atoms with Crippen LogP contribution in [0, 0.1) is 5.92 Å². The molecule has 0 aliphatic carbocycles. The lowest BCUT2D eigenvalue weighted by Crippen LogP contribution is -2.45. The van der Waals surface area contributed by atoms with E-state index in [1.54, 1.807) is 24.3 Å². The van der Waals surface area contributed by atoms with E-state index >= 15 is 0 Å². The number of hydrogen-bond donors (Lipinski definition) is 3. The van der Waals surface area contributed by atoms with Crippen molar-refractivity contribution < 1.29 is 9.59 Å². The van der Waals surface area contributed by atoms with Gasteiger partial charge >= 0.3 is 6.03 Å². The summed E-state index contributed by atoms with van der Waals surface area (Å²) in [6.45, 7) is 7.29. The maximum Gasteiger partial charge on any atom is 0.319 e. The summed E-state index contributed by atoms with van der Waals surface area (Å²) < 4.78 is 0. The maximum atomic E-state index is 12.6. The van der Waals surface area contributed by atoms with E-state index in [9.17, 15) is 9.59 Å². The van der Waals surface area contributed by atoms with Gasteiger partial charge in [0.1, 0.15) is 0 Å². The molecule has 6 nitrogen and oxygen atoms in total. The summed E-state index contributed by atoms with van der Waals surface area (Å²) in [5, 5.41) is 5.51. The molecule has 25 heavy (non-hydrogen) atoms. The normalized spacial score (nSPS) is 18.3. The van der Waals surface area contributed by atoms with E-state index in [-0.39, 0.29) is 36.4 Å². The number of likely N-dealkylation sites (tertiary alicyclic amines) is 1. The number of carbonyl (C=O) groups excluding carboxylic acids is 2. The third-order valence-electron chi connectivity index (χ3n) is 4.30. The van der Waals surface area contributed by atoms with Crippen LogP contribution in [0.15, 0.2) is 24.3 Å². The predicted octanol–water partition coefficient (Wildman–Crippen LogP) is 2.84. The van der Waals surface area contributed by atoms with E-state index in [0.29, 0.717) is 23.7 Å². The summed E-state index contributed by atoms with van der Waals surface area (Å²) in [5.41, 5.74) is 7.28. The molecule has 140 valence electrons. The molecule has 1 aromatic carbocycles. The average Bonchev–Trinajstić information content (AvgIpc) is 2.54. The van der Waals surface area contributed by atoms with Gasteiger partial charge in [0.15, 0.2) is 0 Å². The fourth-order valence-corrected chi connectivity index (χ4v) is 2.93. The van der Waals surface area contributed by atoms with Crippen molar-refractivity contribution in [3.8, 4) is 0 Å². The fraction of sp³-hybridized carbons (Fsp3) is 0.556. The monoisotopic (exact) mass is 368 g/mol. The van der Waals surface area contributed by atoms with E-state index in [2.05, 4.69) is 10.6 Å². The molecule has 0 aromatic heterocycles. The second-order valence-electron chi connectivity index (χ2n) is 6.84. The zero-order valence-electron chi connectivity index (χ0n) is 15.1. The first-order chi connectivity index (χ1) is 11.4. The van der Waals surface area contributed by atoms with Gasteiger partial charge in [-0.05, 0) is 63.8 Å². The number of amides is 3. The van der Waals surface area contributed by atoms with Crippen LogP contribution < -0.4 is 16.4 Å². The summed E-state index contributed by atoms with van der Waals surface area (Å²) in [4.78, 5) is 26.2. The lowest BCUT2D eigenvalue weighted by molar-refractivity contribution is 0.0661. The van der Waals surface area contributed by atoms with E-state index in [0.717, 1.165) is 19.4 Å². The number of nitrogens with two attached hydrogens (primary N) is 1. The zero-order chi connectivity index (χ0) is 17.7. The Morgan fingerprint density at radius 3 is 2.40 bits per heavy atom. The van der Waals surface area contributed by atoms with Crippen molar-refractivity contribution in [3.63, 3.8) is 0 Å². The van der Waals surface area contributed by atoms with Crippen molar-refractivity contribution in [1.29, 1.82) is 0 Å². The number of nitrogens with zero attached hydrogens (tertiary/aromatic N) is 1. The number of urea groups is 1. The van der Waals surface area contributed by atoms with Gasteiger partial charge in [-0.3, -0.25) is 4.79 Å². The Labute approximate surface area is 155 Å². The number of carbonyl (C=O) groups is 2. The van der Waals surface area contributed by atoms with Gasteiger partial charge in [0.2, 0.25) is 0 Å². The van der Waals surface area contributed by atoms with Crippen molar-refractivity contribution in [2.24, 2.45) is 11.7 Å². The summed E-state index contributed by atoms with van der Waals surface area (Å²) >= 11 is 0.